The highest BCUT2D eigenvalue weighted by atomic mass is 16.5. The summed E-state index contributed by atoms with van der Waals surface area (Å²) in [5, 5.41) is 0.501. The zero-order valence-corrected chi connectivity index (χ0v) is 18.1. The Morgan fingerprint density at radius 1 is 1.10 bits per heavy atom. The van der Waals surface area contributed by atoms with Crippen LogP contribution in [0.15, 0.2) is 41.3 Å². The van der Waals surface area contributed by atoms with Crippen LogP contribution in [0.2, 0.25) is 0 Å². The van der Waals surface area contributed by atoms with E-state index in [1.807, 2.05) is 18.2 Å². The van der Waals surface area contributed by atoms with Crippen LogP contribution < -0.4 is 15.0 Å². The van der Waals surface area contributed by atoms with Gasteiger partial charge in [0.15, 0.2) is 5.65 Å². The standard InChI is InChI=1S/C24H28N4O3/c1-27-23(26-22-20(24(27)29)7-4-12-25-22)19-9-8-18(15-21(19)30-2)31-17-10-13-28(14-11-17)16-5-3-6-16/h4,7-9,12,15-17H,3,5-6,10-11,13-14H2,1-2H3. The summed E-state index contributed by atoms with van der Waals surface area (Å²) < 4.78 is 13.5. The van der Waals surface area contributed by atoms with E-state index < -0.39 is 0 Å². The van der Waals surface area contributed by atoms with Gasteiger partial charge in [-0.1, -0.05) is 6.42 Å². The van der Waals surface area contributed by atoms with E-state index in [1.54, 1.807) is 37.1 Å². The normalized spacial score (nSPS) is 18.1. The zero-order chi connectivity index (χ0) is 21.4. The summed E-state index contributed by atoms with van der Waals surface area (Å²) >= 11 is 0. The number of fused-ring (bicyclic) bond motifs is 1. The van der Waals surface area contributed by atoms with Crippen LogP contribution in [0.1, 0.15) is 32.1 Å². The van der Waals surface area contributed by atoms with E-state index >= 15 is 0 Å². The maximum Gasteiger partial charge on any atom is 0.263 e. The van der Waals surface area contributed by atoms with Crippen molar-refractivity contribution in [3.05, 3.63) is 46.9 Å². The summed E-state index contributed by atoms with van der Waals surface area (Å²) in [4.78, 5) is 24.3. The minimum absolute atomic E-state index is 0.131. The summed E-state index contributed by atoms with van der Waals surface area (Å²) in [7, 11) is 3.34. The summed E-state index contributed by atoms with van der Waals surface area (Å²) in [5.74, 6) is 1.93. The van der Waals surface area contributed by atoms with Gasteiger partial charge in [0.2, 0.25) is 0 Å². The van der Waals surface area contributed by atoms with Crippen molar-refractivity contribution >= 4 is 11.0 Å². The Balaban J connectivity index is 1.38. The highest BCUT2D eigenvalue weighted by Crippen LogP contribution is 2.34. The highest BCUT2D eigenvalue weighted by molar-refractivity contribution is 5.77. The van der Waals surface area contributed by atoms with Crippen molar-refractivity contribution in [3.8, 4) is 22.9 Å². The summed E-state index contributed by atoms with van der Waals surface area (Å²) in [6, 6.07) is 10.0. The van der Waals surface area contributed by atoms with Gasteiger partial charge in [-0.25, -0.2) is 9.97 Å². The van der Waals surface area contributed by atoms with Crippen molar-refractivity contribution < 1.29 is 9.47 Å². The summed E-state index contributed by atoms with van der Waals surface area (Å²) in [6.45, 7) is 2.22. The lowest BCUT2D eigenvalue weighted by molar-refractivity contribution is 0.0492. The molecule has 2 fully saturated rings. The Kier molecular flexibility index (Phi) is 5.36. The smallest absolute Gasteiger partial charge is 0.263 e. The number of nitrogens with zero attached hydrogens (tertiary/aromatic N) is 4. The summed E-state index contributed by atoms with van der Waals surface area (Å²) in [6.07, 6.45) is 8.04. The molecule has 3 heterocycles. The van der Waals surface area contributed by atoms with Gasteiger partial charge in [-0.05, 0) is 49.9 Å². The molecule has 0 amide bonds. The third-order valence-corrected chi connectivity index (χ3v) is 6.64. The molecule has 0 spiro atoms. The quantitative estimate of drug-likeness (QED) is 0.630. The number of aromatic nitrogens is 3. The number of benzene rings is 1. The second-order valence-corrected chi connectivity index (χ2v) is 8.47. The molecular weight excluding hydrogens is 392 g/mol. The maximum atomic E-state index is 12.8. The van der Waals surface area contributed by atoms with Crippen molar-refractivity contribution in [2.24, 2.45) is 7.05 Å². The van der Waals surface area contributed by atoms with Gasteiger partial charge >= 0.3 is 0 Å². The second kappa shape index (κ2) is 8.30. The number of ether oxygens (including phenoxy) is 2. The number of piperidine rings is 1. The first-order valence-electron chi connectivity index (χ1n) is 11.0. The van der Waals surface area contributed by atoms with E-state index in [1.165, 1.54) is 19.3 Å². The molecule has 1 aromatic carbocycles. The van der Waals surface area contributed by atoms with Crippen LogP contribution in [0.3, 0.4) is 0 Å². The van der Waals surface area contributed by atoms with Gasteiger partial charge in [0.25, 0.3) is 5.56 Å². The Morgan fingerprint density at radius 2 is 1.90 bits per heavy atom. The Bertz CT molecular complexity index is 1150. The van der Waals surface area contributed by atoms with Crippen LogP contribution >= 0.6 is 0 Å². The first-order valence-corrected chi connectivity index (χ1v) is 11.0. The van der Waals surface area contributed by atoms with Crippen LogP contribution in [0.4, 0.5) is 0 Å². The van der Waals surface area contributed by atoms with Crippen LogP contribution in [-0.2, 0) is 7.05 Å². The van der Waals surface area contributed by atoms with Gasteiger partial charge < -0.3 is 14.4 Å². The van der Waals surface area contributed by atoms with Crippen molar-refractivity contribution in [2.75, 3.05) is 20.2 Å². The molecule has 0 unspecified atom stereocenters. The van der Waals surface area contributed by atoms with E-state index in [-0.39, 0.29) is 11.7 Å². The minimum Gasteiger partial charge on any atom is -0.496 e. The van der Waals surface area contributed by atoms with Crippen LogP contribution in [0.5, 0.6) is 11.5 Å². The number of pyridine rings is 1. The van der Waals surface area contributed by atoms with Gasteiger partial charge in [0.1, 0.15) is 23.4 Å². The van der Waals surface area contributed by atoms with Gasteiger partial charge in [0, 0.05) is 38.4 Å². The third-order valence-electron chi connectivity index (χ3n) is 6.64. The predicted molar refractivity (Wildman–Crippen MR) is 120 cm³/mol. The van der Waals surface area contributed by atoms with Crippen molar-refractivity contribution in [1.29, 1.82) is 0 Å². The molecule has 0 N–H and O–H groups in total. The molecule has 5 rings (SSSR count). The monoisotopic (exact) mass is 420 g/mol. The fourth-order valence-electron chi connectivity index (χ4n) is 4.58. The van der Waals surface area contributed by atoms with Crippen LogP contribution in [0.25, 0.3) is 22.4 Å². The van der Waals surface area contributed by atoms with E-state index in [0.717, 1.165) is 43.3 Å². The van der Waals surface area contributed by atoms with E-state index in [0.29, 0.717) is 22.6 Å². The average Bonchev–Trinajstić information content (AvgIpc) is 2.76. The second-order valence-electron chi connectivity index (χ2n) is 8.47. The molecule has 1 aliphatic carbocycles. The minimum atomic E-state index is -0.131. The maximum absolute atomic E-state index is 12.8. The van der Waals surface area contributed by atoms with Crippen molar-refractivity contribution in [3.63, 3.8) is 0 Å². The highest BCUT2D eigenvalue weighted by Gasteiger charge is 2.29. The Morgan fingerprint density at radius 3 is 2.61 bits per heavy atom. The molecule has 162 valence electrons. The van der Waals surface area contributed by atoms with Crippen molar-refractivity contribution in [1.82, 2.24) is 19.4 Å². The number of rotatable bonds is 5. The van der Waals surface area contributed by atoms with E-state index in [9.17, 15) is 4.79 Å². The number of likely N-dealkylation sites (tertiary alicyclic amines) is 1. The molecule has 2 aromatic heterocycles. The molecule has 0 bridgehead atoms. The first kappa shape index (κ1) is 20.0. The predicted octanol–water partition coefficient (Wildman–Crippen LogP) is 3.40. The third kappa shape index (κ3) is 3.78. The van der Waals surface area contributed by atoms with Crippen molar-refractivity contribution in [2.45, 2.75) is 44.2 Å². The molecule has 3 aromatic rings. The molecule has 1 saturated heterocycles. The van der Waals surface area contributed by atoms with Crippen LogP contribution in [-0.4, -0.2) is 51.8 Å². The Labute approximate surface area is 181 Å². The lowest BCUT2D eigenvalue weighted by atomic mass is 9.90. The van der Waals surface area contributed by atoms with Gasteiger partial charge in [-0.2, -0.15) is 0 Å². The Hall–Kier alpha value is -2.93. The molecule has 7 nitrogen and oxygen atoms in total. The number of hydrogen-bond donors (Lipinski definition) is 0. The number of methoxy groups -OCH3 is 1. The molecule has 7 heteroatoms. The first-order chi connectivity index (χ1) is 15.1. The molecule has 0 radical (unpaired) electrons. The molecule has 0 atom stereocenters. The summed E-state index contributed by atoms with van der Waals surface area (Å²) in [5.41, 5.74) is 1.04. The van der Waals surface area contributed by atoms with Gasteiger partial charge in [0.05, 0.1) is 18.1 Å². The lowest BCUT2D eigenvalue weighted by Gasteiger charge is -2.41. The average molecular weight is 421 g/mol. The lowest BCUT2D eigenvalue weighted by Crippen LogP contribution is -2.46. The zero-order valence-electron chi connectivity index (χ0n) is 18.1. The van der Waals surface area contributed by atoms with Crippen LogP contribution in [0, 0.1) is 0 Å². The fraction of sp³-hybridized carbons (Fsp3) is 0.458. The number of hydrogen-bond acceptors (Lipinski definition) is 6. The van der Waals surface area contributed by atoms with E-state index in [4.69, 9.17) is 9.47 Å². The largest absolute Gasteiger partial charge is 0.496 e. The molecular formula is C24H28N4O3. The molecule has 31 heavy (non-hydrogen) atoms. The topological polar surface area (TPSA) is 69.5 Å². The molecule has 1 aliphatic heterocycles. The SMILES string of the molecule is COc1cc(OC2CCN(C3CCC3)CC2)ccc1-c1nc2ncccc2c(=O)n1C. The molecule has 1 saturated carbocycles. The van der Waals surface area contributed by atoms with E-state index in [2.05, 4.69) is 14.9 Å². The van der Waals surface area contributed by atoms with Gasteiger partial charge in [-0.15, -0.1) is 0 Å². The molecule has 2 aliphatic rings. The fourth-order valence-corrected chi connectivity index (χ4v) is 4.58. The van der Waals surface area contributed by atoms with Gasteiger partial charge in [-0.3, -0.25) is 9.36 Å².